The van der Waals surface area contributed by atoms with Gasteiger partial charge in [0.05, 0.1) is 4.21 Å². The van der Waals surface area contributed by atoms with Gasteiger partial charge >= 0.3 is 0 Å². The smallest absolute Gasteiger partial charge is 0.0608 e. The van der Waals surface area contributed by atoms with Crippen molar-refractivity contribution in [3.05, 3.63) is 28.2 Å². The summed E-state index contributed by atoms with van der Waals surface area (Å²) in [6.07, 6.45) is 2.12. The summed E-state index contributed by atoms with van der Waals surface area (Å²) in [5.74, 6) is 0. The van der Waals surface area contributed by atoms with Gasteiger partial charge in [-0.3, -0.25) is 0 Å². The lowest BCUT2D eigenvalue weighted by atomic mass is 10.2. The summed E-state index contributed by atoms with van der Waals surface area (Å²) in [7, 11) is 0. The molecule has 0 saturated carbocycles. The molecule has 1 aromatic carbocycles. The quantitative estimate of drug-likeness (QED) is 0.523. The molecule has 0 amide bonds. The molecule has 0 bridgehead atoms. The maximum absolute atomic E-state index is 3.61. The molecule has 0 unspecified atom stereocenters. The Morgan fingerprint density at radius 3 is 2.79 bits per heavy atom. The van der Waals surface area contributed by atoms with Crippen LogP contribution in [-0.2, 0) is 5.33 Å². The first kappa shape index (κ1) is 11.0. The molecular weight excluding hydrogens is 344 g/mol. The van der Waals surface area contributed by atoms with E-state index in [9.17, 15) is 0 Å². The van der Waals surface area contributed by atoms with Crippen molar-refractivity contribution in [3.63, 3.8) is 0 Å². The molecule has 0 fully saturated rings. The first-order chi connectivity index (χ1) is 6.74. The number of thiophene rings is 1. The van der Waals surface area contributed by atoms with Gasteiger partial charge in [-0.25, -0.2) is 0 Å². The fourth-order valence-electron chi connectivity index (χ4n) is 1.30. The Hall–Kier alpha value is 0.490. The molecule has 2 rings (SSSR count). The van der Waals surface area contributed by atoms with Gasteiger partial charge < -0.3 is 0 Å². The molecule has 0 aliphatic rings. The summed E-state index contributed by atoms with van der Waals surface area (Å²) < 4.78 is 3.92. The second kappa shape index (κ2) is 4.56. The van der Waals surface area contributed by atoms with Crippen molar-refractivity contribution in [3.8, 4) is 0 Å². The van der Waals surface area contributed by atoms with Gasteiger partial charge in [-0.15, -0.1) is 23.1 Å². The lowest BCUT2D eigenvalue weighted by molar-refractivity contribution is 1.46. The van der Waals surface area contributed by atoms with Gasteiger partial charge in [0.2, 0.25) is 0 Å². The highest BCUT2D eigenvalue weighted by molar-refractivity contribution is 9.10. The Morgan fingerprint density at radius 1 is 1.36 bits per heavy atom. The van der Waals surface area contributed by atoms with Crippen molar-refractivity contribution in [1.82, 2.24) is 0 Å². The maximum atomic E-state index is 3.61. The molecule has 0 spiro atoms. The average molecular weight is 352 g/mol. The molecule has 0 radical (unpaired) electrons. The Morgan fingerprint density at radius 2 is 2.14 bits per heavy atom. The first-order valence-electron chi connectivity index (χ1n) is 4.06. The standard InChI is InChI=1S/C10H8Br2S2/c1-13-10-4-7-8(12)2-6(5-11)3-9(7)14-10/h2-4H,5H2,1H3. The number of benzene rings is 1. The minimum atomic E-state index is 0.911. The highest BCUT2D eigenvalue weighted by atomic mass is 79.9. The minimum Gasteiger partial charge on any atom is -0.129 e. The van der Waals surface area contributed by atoms with Crippen LogP contribution in [0, 0.1) is 0 Å². The third-order valence-corrected chi connectivity index (χ3v) is 5.43. The zero-order valence-corrected chi connectivity index (χ0v) is 12.3. The van der Waals surface area contributed by atoms with E-state index in [1.807, 2.05) is 11.3 Å². The Kier molecular flexibility index (Phi) is 3.58. The third-order valence-electron chi connectivity index (χ3n) is 1.98. The van der Waals surface area contributed by atoms with E-state index in [-0.39, 0.29) is 0 Å². The second-order valence-electron chi connectivity index (χ2n) is 2.89. The number of hydrogen-bond acceptors (Lipinski definition) is 2. The lowest BCUT2D eigenvalue weighted by Gasteiger charge is -1.98. The van der Waals surface area contributed by atoms with Crippen molar-refractivity contribution in [2.45, 2.75) is 9.54 Å². The first-order valence-corrected chi connectivity index (χ1v) is 8.02. The van der Waals surface area contributed by atoms with Gasteiger partial charge in [-0.05, 0) is 30.0 Å². The van der Waals surface area contributed by atoms with Crippen molar-refractivity contribution < 1.29 is 0 Å². The maximum Gasteiger partial charge on any atom is 0.0608 e. The van der Waals surface area contributed by atoms with Crippen LogP contribution in [0.2, 0.25) is 0 Å². The molecule has 0 aliphatic heterocycles. The molecule has 0 nitrogen and oxygen atoms in total. The van der Waals surface area contributed by atoms with E-state index in [1.165, 1.54) is 24.3 Å². The van der Waals surface area contributed by atoms with Crippen molar-refractivity contribution in [2.24, 2.45) is 0 Å². The van der Waals surface area contributed by atoms with Crippen LogP contribution in [0.25, 0.3) is 10.1 Å². The van der Waals surface area contributed by atoms with Gasteiger partial charge in [0.1, 0.15) is 0 Å². The van der Waals surface area contributed by atoms with Crippen LogP contribution in [0.15, 0.2) is 26.9 Å². The lowest BCUT2D eigenvalue weighted by Crippen LogP contribution is -1.76. The summed E-state index contributed by atoms with van der Waals surface area (Å²) in [6.45, 7) is 0. The Balaban J connectivity index is 2.67. The predicted molar refractivity (Wildman–Crippen MR) is 73.9 cm³/mol. The molecule has 1 aromatic heterocycles. The third kappa shape index (κ3) is 2.03. The van der Waals surface area contributed by atoms with Crippen LogP contribution in [0.4, 0.5) is 0 Å². The van der Waals surface area contributed by atoms with E-state index in [0.717, 1.165) is 5.33 Å². The number of fused-ring (bicyclic) bond motifs is 1. The van der Waals surface area contributed by atoms with Crippen LogP contribution < -0.4 is 0 Å². The van der Waals surface area contributed by atoms with Crippen molar-refractivity contribution in [2.75, 3.05) is 6.26 Å². The number of halogens is 2. The van der Waals surface area contributed by atoms with Crippen LogP contribution >= 0.6 is 55.0 Å². The van der Waals surface area contributed by atoms with E-state index in [0.29, 0.717) is 0 Å². The molecule has 1 heterocycles. The monoisotopic (exact) mass is 350 g/mol. The van der Waals surface area contributed by atoms with Gasteiger partial charge in [-0.1, -0.05) is 31.9 Å². The number of rotatable bonds is 2. The fourth-order valence-corrected chi connectivity index (χ4v) is 4.10. The molecule has 4 heteroatoms. The Labute approximate surface area is 108 Å². The molecule has 0 N–H and O–H groups in total. The van der Waals surface area contributed by atoms with Crippen LogP contribution in [-0.4, -0.2) is 6.26 Å². The van der Waals surface area contributed by atoms with Crippen LogP contribution in [0.1, 0.15) is 5.56 Å². The molecule has 0 aliphatic carbocycles. The summed E-state index contributed by atoms with van der Waals surface area (Å²) in [6, 6.07) is 6.67. The predicted octanol–water partition coefficient (Wildman–Crippen LogP) is 5.28. The topological polar surface area (TPSA) is 0 Å². The highest BCUT2D eigenvalue weighted by Gasteiger charge is 2.05. The molecule has 2 aromatic rings. The van der Waals surface area contributed by atoms with E-state index in [2.05, 4.69) is 56.3 Å². The van der Waals surface area contributed by atoms with Gasteiger partial charge in [0, 0.05) is 19.9 Å². The number of hydrogen-bond donors (Lipinski definition) is 0. The van der Waals surface area contributed by atoms with Crippen molar-refractivity contribution in [1.29, 1.82) is 0 Å². The molecule has 0 saturated heterocycles. The summed E-state index contributed by atoms with van der Waals surface area (Å²) in [5.41, 5.74) is 1.32. The van der Waals surface area contributed by atoms with Gasteiger partial charge in [-0.2, -0.15) is 0 Å². The summed E-state index contributed by atoms with van der Waals surface area (Å²) >= 11 is 10.7. The molecular formula is C10H8Br2S2. The second-order valence-corrected chi connectivity index (χ2v) is 6.50. The van der Waals surface area contributed by atoms with Crippen molar-refractivity contribution >= 4 is 65.0 Å². The normalized spacial score (nSPS) is 11.1. The largest absolute Gasteiger partial charge is 0.129 e. The van der Waals surface area contributed by atoms with Crippen LogP contribution in [0.5, 0.6) is 0 Å². The molecule has 0 atom stereocenters. The zero-order valence-electron chi connectivity index (χ0n) is 7.51. The summed E-state index contributed by atoms with van der Waals surface area (Å²) in [4.78, 5) is 0. The summed E-state index contributed by atoms with van der Waals surface area (Å²) in [5, 5.41) is 2.23. The molecule has 74 valence electrons. The highest BCUT2D eigenvalue weighted by Crippen LogP contribution is 2.36. The fraction of sp³-hybridized carbons (Fsp3) is 0.200. The number of alkyl halides is 1. The minimum absolute atomic E-state index is 0.911. The number of thioether (sulfide) groups is 1. The van der Waals surface area contributed by atoms with E-state index in [1.54, 1.807) is 11.8 Å². The van der Waals surface area contributed by atoms with Gasteiger partial charge in [0.15, 0.2) is 0 Å². The van der Waals surface area contributed by atoms with Gasteiger partial charge in [0.25, 0.3) is 0 Å². The van der Waals surface area contributed by atoms with E-state index in [4.69, 9.17) is 0 Å². The average Bonchev–Trinajstić information content (AvgIpc) is 2.61. The molecule has 14 heavy (non-hydrogen) atoms. The zero-order chi connectivity index (χ0) is 10.1. The van der Waals surface area contributed by atoms with E-state index < -0.39 is 0 Å². The Bertz CT molecular complexity index is 462. The SMILES string of the molecule is CSc1cc2c(Br)cc(CBr)cc2s1. The van der Waals surface area contributed by atoms with Crippen LogP contribution in [0.3, 0.4) is 0 Å². The van der Waals surface area contributed by atoms with E-state index >= 15 is 0 Å².